The first-order chi connectivity index (χ1) is 8.11. The minimum atomic E-state index is -0.862. The predicted octanol–water partition coefficient (Wildman–Crippen LogP) is 2.27. The number of hydrogen-bond donors (Lipinski definition) is 0. The molecule has 0 atom stereocenters. The second-order valence-electron chi connectivity index (χ2n) is 3.88. The molecule has 0 bridgehead atoms. The third-order valence-corrected chi connectivity index (χ3v) is 4.31. The van der Waals surface area contributed by atoms with Crippen LogP contribution in [0.25, 0.3) is 0 Å². The van der Waals surface area contributed by atoms with Crippen molar-refractivity contribution in [2.45, 2.75) is 5.88 Å². The summed E-state index contributed by atoms with van der Waals surface area (Å²) >= 11 is 5.54. The molecule has 1 saturated heterocycles. The summed E-state index contributed by atoms with van der Waals surface area (Å²) in [4.78, 5) is 1.60. The summed E-state index contributed by atoms with van der Waals surface area (Å²) in [6, 6.07) is 2.49. The van der Waals surface area contributed by atoms with Gasteiger partial charge >= 0.3 is 0 Å². The van der Waals surface area contributed by atoms with Crippen LogP contribution in [0.2, 0.25) is 0 Å². The van der Waals surface area contributed by atoms with E-state index in [0.29, 0.717) is 30.2 Å². The summed E-state index contributed by atoms with van der Waals surface area (Å²) in [6.07, 6.45) is 0. The van der Waals surface area contributed by atoms with Crippen molar-refractivity contribution in [2.75, 3.05) is 29.5 Å². The zero-order valence-electron chi connectivity index (χ0n) is 9.09. The number of hydrogen-bond acceptors (Lipinski definition) is 2. The smallest absolute Gasteiger partial charge is 0.149 e. The van der Waals surface area contributed by atoms with Gasteiger partial charge in [0, 0.05) is 41.3 Å². The molecule has 1 aromatic rings. The molecule has 94 valence electrons. The molecule has 0 spiro atoms. The Bertz CT molecular complexity index is 422. The molecule has 1 fully saturated rings. The highest BCUT2D eigenvalue weighted by molar-refractivity contribution is 7.85. The minimum absolute atomic E-state index is 0.0319. The van der Waals surface area contributed by atoms with Gasteiger partial charge in [0.25, 0.3) is 0 Å². The van der Waals surface area contributed by atoms with Crippen molar-refractivity contribution >= 4 is 28.1 Å². The fraction of sp³-hybridized carbons (Fsp3) is 0.455. The molecule has 1 heterocycles. The van der Waals surface area contributed by atoms with Crippen LogP contribution >= 0.6 is 11.6 Å². The Morgan fingerprint density at radius 3 is 2.24 bits per heavy atom. The van der Waals surface area contributed by atoms with Crippen LogP contribution in [-0.4, -0.2) is 28.8 Å². The molecule has 0 N–H and O–H groups in total. The summed E-state index contributed by atoms with van der Waals surface area (Å²) in [5.41, 5.74) is 0.390. The lowest BCUT2D eigenvalue weighted by Crippen LogP contribution is -2.38. The average molecular weight is 280 g/mol. The van der Waals surface area contributed by atoms with E-state index in [0.717, 1.165) is 0 Å². The molecule has 6 heteroatoms. The van der Waals surface area contributed by atoms with E-state index >= 15 is 0 Å². The van der Waals surface area contributed by atoms with Gasteiger partial charge in [-0.1, -0.05) is 0 Å². The highest BCUT2D eigenvalue weighted by Crippen LogP contribution is 2.26. The molecule has 1 aliphatic rings. The first kappa shape index (κ1) is 12.8. The second kappa shape index (κ2) is 5.31. The van der Waals surface area contributed by atoms with Gasteiger partial charge in [-0.05, 0) is 17.7 Å². The van der Waals surface area contributed by atoms with Crippen LogP contribution in [0.15, 0.2) is 12.1 Å². The molecule has 1 aromatic carbocycles. The van der Waals surface area contributed by atoms with E-state index in [9.17, 15) is 13.0 Å². The topological polar surface area (TPSA) is 20.3 Å². The Morgan fingerprint density at radius 2 is 1.76 bits per heavy atom. The minimum Gasteiger partial charge on any atom is -0.365 e. The largest absolute Gasteiger partial charge is 0.365 e. The number of alkyl halides is 1. The molecule has 1 aliphatic heterocycles. The van der Waals surface area contributed by atoms with Gasteiger partial charge in [0.2, 0.25) is 0 Å². The maximum absolute atomic E-state index is 13.8. The molecule has 0 amide bonds. The van der Waals surface area contributed by atoms with Crippen molar-refractivity contribution < 1.29 is 13.0 Å². The zero-order chi connectivity index (χ0) is 12.4. The van der Waals surface area contributed by atoms with Crippen LogP contribution in [0.1, 0.15) is 5.56 Å². The predicted molar refractivity (Wildman–Crippen MR) is 66.0 cm³/mol. The van der Waals surface area contributed by atoms with Crippen LogP contribution in [0.4, 0.5) is 14.5 Å². The van der Waals surface area contributed by atoms with Crippen molar-refractivity contribution in [3.05, 3.63) is 29.3 Å². The Hall–Kier alpha value is -0.680. The maximum atomic E-state index is 13.8. The first-order valence-electron chi connectivity index (χ1n) is 5.25. The Kier molecular flexibility index (Phi) is 3.99. The molecule has 0 radical (unpaired) electrons. The van der Waals surface area contributed by atoms with E-state index < -0.39 is 22.4 Å². The summed E-state index contributed by atoms with van der Waals surface area (Å²) in [5, 5.41) is 0. The zero-order valence-corrected chi connectivity index (χ0v) is 10.7. The summed E-state index contributed by atoms with van der Waals surface area (Å²) in [6.45, 7) is 0.835. The van der Waals surface area contributed by atoms with Crippen molar-refractivity contribution in [3.8, 4) is 0 Å². The van der Waals surface area contributed by atoms with E-state index in [1.54, 1.807) is 4.90 Å². The number of rotatable bonds is 2. The number of benzene rings is 1. The Balaban J connectivity index is 2.29. The van der Waals surface area contributed by atoms with Gasteiger partial charge in [-0.3, -0.25) is 4.21 Å². The van der Waals surface area contributed by atoms with Crippen molar-refractivity contribution in [2.24, 2.45) is 0 Å². The normalized spacial score (nSPS) is 17.5. The summed E-state index contributed by atoms with van der Waals surface area (Å²) < 4.78 is 38.7. The van der Waals surface area contributed by atoms with Gasteiger partial charge < -0.3 is 4.90 Å². The molecule has 0 aliphatic carbocycles. The maximum Gasteiger partial charge on any atom is 0.149 e. The van der Waals surface area contributed by atoms with E-state index in [2.05, 4.69) is 0 Å². The van der Waals surface area contributed by atoms with Crippen LogP contribution in [0.3, 0.4) is 0 Å². The quantitative estimate of drug-likeness (QED) is 0.774. The van der Waals surface area contributed by atoms with Crippen molar-refractivity contribution in [3.63, 3.8) is 0 Å². The Morgan fingerprint density at radius 1 is 1.24 bits per heavy atom. The van der Waals surface area contributed by atoms with Gasteiger partial charge in [0.05, 0.1) is 0 Å². The van der Waals surface area contributed by atoms with Gasteiger partial charge in [0.15, 0.2) is 0 Å². The van der Waals surface area contributed by atoms with E-state index in [-0.39, 0.29) is 11.6 Å². The molecule has 0 aromatic heterocycles. The first-order valence-corrected chi connectivity index (χ1v) is 7.28. The molecular formula is C11H12ClF2NOS. The van der Waals surface area contributed by atoms with Crippen LogP contribution in [-0.2, 0) is 16.7 Å². The Labute approximate surface area is 106 Å². The number of halogens is 3. The standard InChI is InChI=1S/C11H12ClF2NOS/c12-7-8-5-9(13)11(10(14)6-8)15-1-3-17(16)4-2-15/h5-6H,1-4,7H2. The molecule has 2 rings (SSSR count). The van der Waals surface area contributed by atoms with Crippen LogP contribution in [0, 0.1) is 11.6 Å². The lowest BCUT2D eigenvalue weighted by atomic mass is 10.2. The van der Waals surface area contributed by atoms with Gasteiger partial charge in [-0.2, -0.15) is 0 Å². The van der Waals surface area contributed by atoms with Gasteiger partial charge in [-0.25, -0.2) is 8.78 Å². The molecule has 2 nitrogen and oxygen atoms in total. The molecule has 17 heavy (non-hydrogen) atoms. The summed E-state index contributed by atoms with van der Waals surface area (Å²) in [5.74, 6) is -0.216. The van der Waals surface area contributed by atoms with E-state index in [1.807, 2.05) is 0 Å². The monoisotopic (exact) mass is 279 g/mol. The van der Waals surface area contributed by atoms with Crippen LogP contribution < -0.4 is 4.90 Å². The second-order valence-corrected chi connectivity index (χ2v) is 5.84. The lowest BCUT2D eigenvalue weighted by Gasteiger charge is -2.29. The SMILES string of the molecule is O=S1CCN(c2c(F)cc(CCl)cc2F)CC1. The van der Waals surface area contributed by atoms with Crippen molar-refractivity contribution in [1.82, 2.24) is 0 Å². The molecule has 0 saturated carbocycles. The number of anilines is 1. The average Bonchev–Trinajstić information content (AvgIpc) is 2.30. The summed E-state index contributed by atoms with van der Waals surface area (Å²) in [7, 11) is -0.862. The van der Waals surface area contributed by atoms with Crippen LogP contribution in [0.5, 0.6) is 0 Å². The van der Waals surface area contributed by atoms with Crippen molar-refractivity contribution in [1.29, 1.82) is 0 Å². The van der Waals surface area contributed by atoms with Gasteiger partial charge in [0.1, 0.15) is 17.3 Å². The van der Waals surface area contributed by atoms with E-state index in [1.165, 1.54) is 12.1 Å². The fourth-order valence-corrected chi connectivity index (χ4v) is 3.07. The highest BCUT2D eigenvalue weighted by Gasteiger charge is 2.22. The van der Waals surface area contributed by atoms with E-state index in [4.69, 9.17) is 11.6 Å². The third-order valence-electron chi connectivity index (χ3n) is 2.72. The van der Waals surface area contributed by atoms with Gasteiger partial charge in [-0.15, -0.1) is 11.6 Å². The number of nitrogens with zero attached hydrogens (tertiary/aromatic N) is 1. The highest BCUT2D eigenvalue weighted by atomic mass is 35.5. The molecular weight excluding hydrogens is 268 g/mol. The fourth-order valence-electron chi connectivity index (χ4n) is 1.86. The molecule has 0 unspecified atom stereocenters. The lowest BCUT2D eigenvalue weighted by molar-refractivity contribution is 0.570. The third kappa shape index (κ3) is 2.77.